The molecule has 2 saturated carbocycles. The molecule has 2 aliphatic rings. The van der Waals surface area contributed by atoms with Gasteiger partial charge in [0.15, 0.2) is 11.5 Å². The summed E-state index contributed by atoms with van der Waals surface area (Å²) in [5.41, 5.74) is 2.67. The number of hydrogen-bond acceptors (Lipinski definition) is 4. The maximum atomic E-state index is 12.8. The molecule has 2 N–H and O–H groups in total. The monoisotopic (exact) mass is 436 g/mol. The van der Waals surface area contributed by atoms with Crippen LogP contribution < -0.4 is 20.1 Å². The summed E-state index contributed by atoms with van der Waals surface area (Å²) in [7, 11) is 1.68. The van der Waals surface area contributed by atoms with Gasteiger partial charge in [-0.3, -0.25) is 9.59 Å². The molecule has 0 aliphatic heterocycles. The molecule has 2 aromatic rings. The van der Waals surface area contributed by atoms with E-state index < -0.39 is 0 Å². The number of amides is 2. The third-order valence-corrected chi connectivity index (χ3v) is 6.53. The molecule has 0 spiro atoms. The van der Waals surface area contributed by atoms with Crippen molar-refractivity contribution in [3.05, 3.63) is 48.0 Å². The summed E-state index contributed by atoms with van der Waals surface area (Å²) in [6.07, 6.45) is 7.60. The van der Waals surface area contributed by atoms with Crippen molar-refractivity contribution >= 4 is 23.2 Å². The number of hydrogen-bond donors (Lipinski definition) is 2. The van der Waals surface area contributed by atoms with Gasteiger partial charge in [-0.1, -0.05) is 6.07 Å². The zero-order chi connectivity index (χ0) is 22.5. The summed E-state index contributed by atoms with van der Waals surface area (Å²) in [5.74, 6) is 1.85. The van der Waals surface area contributed by atoms with E-state index in [2.05, 4.69) is 22.8 Å². The maximum absolute atomic E-state index is 12.8. The lowest BCUT2D eigenvalue weighted by Gasteiger charge is -2.19. The average Bonchev–Trinajstić information content (AvgIpc) is 3.47. The minimum absolute atomic E-state index is 0.0173. The molecule has 6 nitrogen and oxygen atoms in total. The van der Waals surface area contributed by atoms with Crippen molar-refractivity contribution in [1.82, 2.24) is 0 Å². The van der Waals surface area contributed by atoms with Crippen LogP contribution in [0.5, 0.6) is 11.5 Å². The van der Waals surface area contributed by atoms with Crippen molar-refractivity contribution in [3.63, 3.8) is 0 Å². The van der Waals surface area contributed by atoms with Crippen LogP contribution in [0.15, 0.2) is 42.5 Å². The van der Waals surface area contributed by atoms with E-state index in [0.717, 1.165) is 49.3 Å². The number of ether oxygens (including phenoxy) is 2. The SMILES string of the molecule is COc1ccc(C2CCC(C(=O)Nc3ccc(NC(C)=O)cc3)C2)cc1OC1CCCC1. The third kappa shape index (κ3) is 5.42. The van der Waals surface area contributed by atoms with Crippen LogP contribution in [0, 0.1) is 5.92 Å². The van der Waals surface area contributed by atoms with Crippen LogP contribution in [-0.2, 0) is 9.59 Å². The summed E-state index contributed by atoms with van der Waals surface area (Å²) in [6, 6.07) is 13.4. The van der Waals surface area contributed by atoms with E-state index in [1.54, 1.807) is 19.2 Å². The second-order valence-electron chi connectivity index (χ2n) is 8.89. The first-order valence-corrected chi connectivity index (χ1v) is 11.5. The first-order valence-electron chi connectivity index (χ1n) is 11.5. The fraction of sp³-hybridized carbons (Fsp3) is 0.462. The molecule has 2 aliphatic carbocycles. The topological polar surface area (TPSA) is 76.7 Å². The Labute approximate surface area is 189 Å². The van der Waals surface area contributed by atoms with E-state index >= 15 is 0 Å². The van der Waals surface area contributed by atoms with Gasteiger partial charge >= 0.3 is 0 Å². The van der Waals surface area contributed by atoms with E-state index in [4.69, 9.17) is 9.47 Å². The van der Waals surface area contributed by atoms with Crippen LogP contribution >= 0.6 is 0 Å². The number of carbonyl (C=O) groups excluding carboxylic acids is 2. The predicted molar refractivity (Wildman–Crippen MR) is 125 cm³/mol. The minimum atomic E-state index is -0.117. The van der Waals surface area contributed by atoms with E-state index in [-0.39, 0.29) is 23.8 Å². The van der Waals surface area contributed by atoms with Crippen molar-refractivity contribution in [2.75, 3.05) is 17.7 Å². The molecule has 6 heteroatoms. The van der Waals surface area contributed by atoms with Gasteiger partial charge in [0.25, 0.3) is 0 Å². The van der Waals surface area contributed by atoms with Gasteiger partial charge in [0.2, 0.25) is 11.8 Å². The number of benzene rings is 2. The van der Waals surface area contributed by atoms with E-state index in [9.17, 15) is 9.59 Å². The highest BCUT2D eigenvalue weighted by atomic mass is 16.5. The lowest BCUT2D eigenvalue weighted by Crippen LogP contribution is -2.20. The lowest BCUT2D eigenvalue weighted by molar-refractivity contribution is -0.119. The van der Waals surface area contributed by atoms with Crippen LogP contribution in [-0.4, -0.2) is 25.0 Å². The van der Waals surface area contributed by atoms with Gasteiger partial charge in [-0.2, -0.15) is 0 Å². The van der Waals surface area contributed by atoms with Gasteiger partial charge in [-0.05, 0) is 92.8 Å². The third-order valence-electron chi connectivity index (χ3n) is 6.53. The summed E-state index contributed by atoms with van der Waals surface area (Å²) in [5, 5.41) is 5.75. The second-order valence-corrected chi connectivity index (χ2v) is 8.89. The van der Waals surface area contributed by atoms with Crippen LogP contribution in [0.25, 0.3) is 0 Å². The summed E-state index contributed by atoms with van der Waals surface area (Å²) in [6.45, 7) is 1.47. The van der Waals surface area contributed by atoms with Crippen LogP contribution in [0.3, 0.4) is 0 Å². The van der Waals surface area contributed by atoms with Crippen molar-refractivity contribution in [3.8, 4) is 11.5 Å². The Hall–Kier alpha value is -3.02. The fourth-order valence-electron chi connectivity index (χ4n) is 4.83. The van der Waals surface area contributed by atoms with Gasteiger partial charge in [0.1, 0.15) is 0 Å². The van der Waals surface area contributed by atoms with E-state index in [1.165, 1.54) is 25.3 Å². The molecule has 2 amide bonds. The maximum Gasteiger partial charge on any atom is 0.227 e. The number of methoxy groups -OCH3 is 1. The molecule has 2 unspecified atom stereocenters. The van der Waals surface area contributed by atoms with E-state index in [1.807, 2.05) is 18.2 Å². The molecule has 0 radical (unpaired) electrons. The minimum Gasteiger partial charge on any atom is -0.493 e. The zero-order valence-electron chi connectivity index (χ0n) is 18.9. The molecule has 4 rings (SSSR count). The number of rotatable bonds is 7. The highest BCUT2D eigenvalue weighted by molar-refractivity contribution is 5.93. The van der Waals surface area contributed by atoms with Crippen LogP contribution in [0.2, 0.25) is 0 Å². The average molecular weight is 437 g/mol. The van der Waals surface area contributed by atoms with Gasteiger partial charge < -0.3 is 20.1 Å². The predicted octanol–water partition coefficient (Wildman–Crippen LogP) is 5.50. The van der Waals surface area contributed by atoms with Gasteiger partial charge in [0.05, 0.1) is 13.2 Å². The molecule has 32 heavy (non-hydrogen) atoms. The Kier molecular flexibility index (Phi) is 6.98. The Bertz CT molecular complexity index is 951. The highest BCUT2D eigenvalue weighted by Gasteiger charge is 2.31. The Morgan fingerprint density at radius 1 is 0.875 bits per heavy atom. The van der Waals surface area contributed by atoms with Gasteiger partial charge in [-0.15, -0.1) is 0 Å². The molecule has 0 aromatic heterocycles. The molecule has 0 saturated heterocycles. The fourth-order valence-corrected chi connectivity index (χ4v) is 4.83. The summed E-state index contributed by atoms with van der Waals surface area (Å²) >= 11 is 0. The van der Waals surface area contributed by atoms with Crippen molar-refractivity contribution in [2.45, 2.75) is 63.9 Å². The Balaban J connectivity index is 1.37. The number of nitrogens with one attached hydrogen (secondary N) is 2. The summed E-state index contributed by atoms with van der Waals surface area (Å²) < 4.78 is 11.8. The molecule has 2 atom stereocenters. The smallest absolute Gasteiger partial charge is 0.227 e. The van der Waals surface area contributed by atoms with Crippen molar-refractivity contribution in [1.29, 1.82) is 0 Å². The van der Waals surface area contributed by atoms with Crippen molar-refractivity contribution < 1.29 is 19.1 Å². The first kappa shape index (κ1) is 22.2. The largest absolute Gasteiger partial charge is 0.493 e. The molecule has 0 heterocycles. The zero-order valence-corrected chi connectivity index (χ0v) is 18.9. The number of carbonyl (C=O) groups is 2. The second kappa shape index (κ2) is 10.1. The molecular weight excluding hydrogens is 404 g/mol. The first-order chi connectivity index (χ1) is 15.5. The van der Waals surface area contributed by atoms with Gasteiger partial charge in [0, 0.05) is 24.2 Å². The normalized spacial score (nSPS) is 20.7. The van der Waals surface area contributed by atoms with Crippen molar-refractivity contribution in [2.24, 2.45) is 5.92 Å². The molecule has 0 bridgehead atoms. The molecular formula is C26H32N2O4. The van der Waals surface area contributed by atoms with Gasteiger partial charge in [-0.25, -0.2) is 0 Å². The van der Waals surface area contributed by atoms with E-state index in [0.29, 0.717) is 11.6 Å². The highest BCUT2D eigenvalue weighted by Crippen LogP contribution is 2.42. The quantitative estimate of drug-likeness (QED) is 0.601. The standard InChI is InChI=1S/C26H32N2O4/c1-17(29)27-21-10-12-22(13-11-21)28-26(30)20-8-7-18(15-20)19-9-14-24(31-2)25(16-19)32-23-5-3-4-6-23/h9-14,16,18,20,23H,3-8,15H2,1-2H3,(H,27,29)(H,28,30). The Morgan fingerprint density at radius 3 is 2.22 bits per heavy atom. The lowest BCUT2D eigenvalue weighted by atomic mass is 9.95. The molecule has 2 fully saturated rings. The number of anilines is 2. The molecule has 170 valence electrons. The van der Waals surface area contributed by atoms with Crippen LogP contribution in [0.1, 0.15) is 63.4 Å². The molecule has 2 aromatic carbocycles. The van der Waals surface area contributed by atoms with Crippen LogP contribution in [0.4, 0.5) is 11.4 Å². The summed E-state index contributed by atoms with van der Waals surface area (Å²) in [4.78, 5) is 24.0. The Morgan fingerprint density at radius 2 is 1.56 bits per heavy atom.